The molecule has 0 saturated heterocycles. The molecule has 0 aliphatic carbocycles. The zero-order valence-electron chi connectivity index (χ0n) is 13.9. The second-order valence-electron chi connectivity index (χ2n) is 5.51. The van der Waals surface area contributed by atoms with Crippen LogP contribution in [0.15, 0.2) is 48.5 Å². The fraction of sp³-hybridized carbons (Fsp3) is 0.188. The molecular weight excluding hydrogens is 365 g/mol. The average Bonchev–Trinajstić information content (AvgIpc) is 2.53. The van der Waals surface area contributed by atoms with Gasteiger partial charge in [0.2, 0.25) is 15.9 Å². The number of rotatable bonds is 6. The van der Waals surface area contributed by atoms with Gasteiger partial charge in [-0.2, -0.15) is 0 Å². The van der Waals surface area contributed by atoms with Gasteiger partial charge in [-0.1, -0.05) is 12.1 Å². The van der Waals surface area contributed by atoms with Crippen molar-refractivity contribution in [2.24, 2.45) is 0 Å². The Morgan fingerprint density at radius 3 is 2.46 bits per heavy atom. The third kappa shape index (κ3) is 4.54. The quantitative estimate of drug-likeness (QED) is 0.611. The van der Waals surface area contributed by atoms with Crippen LogP contribution in [0, 0.1) is 15.9 Å². The molecule has 0 heterocycles. The average molecular weight is 381 g/mol. The van der Waals surface area contributed by atoms with E-state index >= 15 is 0 Å². The summed E-state index contributed by atoms with van der Waals surface area (Å²) in [5.74, 6) is -1.37. The van der Waals surface area contributed by atoms with Gasteiger partial charge >= 0.3 is 0 Å². The first-order valence-electron chi connectivity index (χ1n) is 7.40. The topological polar surface area (TPSA) is 110 Å². The van der Waals surface area contributed by atoms with Crippen molar-refractivity contribution in [2.45, 2.75) is 13.0 Å². The maximum Gasteiger partial charge on any atom is 0.271 e. The van der Waals surface area contributed by atoms with Crippen LogP contribution in [-0.4, -0.2) is 31.5 Å². The number of nitrogens with one attached hydrogen (secondary N) is 1. The van der Waals surface area contributed by atoms with Crippen molar-refractivity contribution in [2.75, 3.05) is 15.9 Å². The summed E-state index contributed by atoms with van der Waals surface area (Å²) >= 11 is 0. The number of carbonyl (C=O) groups is 1. The molecule has 0 saturated carbocycles. The monoisotopic (exact) mass is 381 g/mol. The van der Waals surface area contributed by atoms with Crippen molar-refractivity contribution >= 4 is 33.0 Å². The molecule has 10 heteroatoms. The van der Waals surface area contributed by atoms with E-state index in [-0.39, 0.29) is 17.1 Å². The van der Waals surface area contributed by atoms with Crippen LogP contribution in [0.2, 0.25) is 0 Å². The van der Waals surface area contributed by atoms with Crippen LogP contribution < -0.4 is 9.62 Å². The minimum absolute atomic E-state index is 0.00538. The highest BCUT2D eigenvalue weighted by atomic mass is 32.2. The second-order valence-corrected chi connectivity index (χ2v) is 7.37. The van der Waals surface area contributed by atoms with E-state index in [1.165, 1.54) is 37.3 Å². The predicted molar refractivity (Wildman–Crippen MR) is 94.9 cm³/mol. The van der Waals surface area contributed by atoms with Crippen LogP contribution in [0.5, 0.6) is 0 Å². The Hall–Kier alpha value is -3.01. The number of amides is 1. The van der Waals surface area contributed by atoms with Crippen molar-refractivity contribution in [1.29, 1.82) is 0 Å². The standard InChI is InChI=1S/C16H16FN3O5S/c1-11(16(21)18-13-6-4-8-15(10-13)20(22)23)19(26(2,24)25)14-7-3-5-12(17)9-14/h3-11H,1-2H3,(H,18,21). The van der Waals surface area contributed by atoms with E-state index in [4.69, 9.17) is 0 Å². The highest BCUT2D eigenvalue weighted by Crippen LogP contribution is 2.23. The molecule has 0 fully saturated rings. The molecule has 0 aromatic heterocycles. The lowest BCUT2D eigenvalue weighted by atomic mass is 10.2. The van der Waals surface area contributed by atoms with Gasteiger partial charge in [0, 0.05) is 17.8 Å². The third-order valence-corrected chi connectivity index (χ3v) is 4.72. The van der Waals surface area contributed by atoms with Gasteiger partial charge in [-0.15, -0.1) is 0 Å². The predicted octanol–water partition coefficient (Wildman–Crippen LogP) is 2.53. The molecule has 1 N–H and O–H groups in total. The number of hydrogen-bond donors (Lipinski definition) is 1. The smallest absolute Gasteiger partial charge is 0.271 e. The maximum absolute atomic E-state index is 13.5. The maximum atomic E-state index is 13.5. The summed E-state index contributed by atoms with van der Waals surface area (Å²) < 4.78 is 38.5. The number of halogens is 1. The van der Waals surface area contributed by atoms with Gasteiger partial charge in [-0.25, -0.2) is 12.8 Å². The van der Waals surface area contributed by atoms with Gasteiger partial charge in [0.15, 0.2) is 0 Å². The Morgan fingerprint density at radius 1 is 1.23 bits per heavy atom. The Morgan fingerprint density at radius 2 is 1.88 bits per heavy atom. The largest absolute Gasteiger partial charge is 0.324 e. The van der Waals surface area contributed by atoms with Crippen molar-refractivity contribution in [1.82, 2.24) is 0 Å². The van der Waals surface area contributed by atoms with Gasteiger partial charge < -0.3 is 5.32 Å². The molecular formula is C16H16FN3O5S. The first kappa shape index (κ1) is 19.3. The second kappa shape index (κ2) is 7.48. The van der Waals surface area contributed by atoms with Crippen molar-refractivity contribution in [3.05, 3.63) is 64.5 Å². The first-order chi connectivity index (χ1) is 12.1. The number of sulfonamides is 1. The van der Waals surface area contributed by atoms with E-state index in [2.05, 4.69) is 5.32 Å². The molecule has 0 aliphatic rings. The third-order valence-electron chi connectivity index (χ3n) is 3.48. The van der Waals surface area contributed by atoms with Crippen molar-refractivity contribution in [3.63, 3.8) is 0 Å². The molecule has 0 bridgehead atoms. The fourth-order valence-corrected chi connectivity index (χ4v) is 3.53. The number of nitro benzene ring substituents is 1. The molecule has 0 spiro atoms. The molecule has 1 amide bonds. The molecule has 8 nitrogen and oxygen atoms in total. The number of non-ortho nitro benzene ring substituents is 1. The number of nitrogens with zero attached hydrogens (tertiary/aromatic N) is 2. The van der Waals surface area contributed by atoms with Gasteiger partial charge in [-0.3, -0.25) is 19.2 Å². The van der Waals surface area contributed by atoms with E-state index in [0.29, 0.717) is 0 Å². The Balaban J connectivity index is 2.31. The van der Waals surface area contributed by atoms with Crippen LogP contribution in [0.25, 0.3) is 0 Å². The Bertz CT molecular complexity index is 948. The number of nitro groups is 1. The van der Waals surface area contributed by atoms with Crippen LogP contribution in [0.4, 0.5) is 21.5 Å². The normalized spacial score (nSPS) is 12.3. The lowest BCUT2D eigenvalue weighted by Gasteiger charge is -2.28. The molecule has 0 radical (unpaired) electrons. The van der Waals surface area contributed by atoms with Crippen LogP contribution in [0.1, 0.15) is 6.92 Å². The van der Waals surface area contributed by atoms with Crippen LogP contribution in [-0.2, 0) is 14.8 Å². The SMILES string of the molecule is CC(C(=O)Nc1cccc([N+](=O)[O-])c1)N(c1cccc(F)c1)S(C)(=O)=O. The van der Waals surface area contributed by atoms with Gasteiger partial charge in [0.05, 0.1) is 16.9 Å². The molecule has 138 valence electrons. The van der Waals surface area contributed by atoms with Crippen LogP contribution in [0.3, 0.4) is 0 Å². The Kier molecular flexibility index (Phi) is 5.56. The minimum atomic E-state index is -3.90. The highest BCUT2D eigenvalue weighted by Gasteiger charge is 2.29. The summed E-state index contributed by atoms with van der Waals surface area (Å²) in [4.78, 5) is 22.6. The molecule has 2 aromatic carbocycles. The van der Waals surface area contributed by atoms with Gasteiger partial charge in [0.1, 0.15) is 11.9 Å². The molecule has 2 aromatic rings. The zero-order chi connectivity index (χ0) is 19.5. The van der Waals surface area contributed by atoms with E-state index < -0.39 is 32.7 Å². The van der Waals surface area contributed by atoms with E-state index in [9.17, 15) is 27.7 Å². The minimum Gasteiger partial charge on any atom is -0.324 e. The summed E-state index contributed by atoms with van der Waals surface area (Å²) in [6.07, 6.45) is 0.898. The molecule has 2 rings (SSSR count). The highest BCUT2D eigenvalue weighted by molar-refractivity contribution is 7.92. The summed E-state index contributed by atoms with van der Waals surface area (Å²) in [5, 5.41) is 13.2. The number of anilines is 2. The van der Waals surface area contributed by atoms with E-state index in [1.807, 2.05) is 0 Å². The van der Waals surface area contributed by atoms with Crippen LogP contribution >= 0.6 is 0 Å². The fourth-order valence-electron chi connectivity index (χ4n) is 2.37. The van der Waals surface area contributed by atoms with Gasteiger partial charge in [0.25, 0.3) is 5.69 Å². The number of benzene rings is 2. The van der Waals surface area contributed by atoms with E-state index in [0.717, 1.165) is 28.8 Å². The molecule has 1 unspecified atom stereocenters. The molecule has 1 atom stereocenters. The summed E-state index contributed by atoms with van der Waals surface area (Å²) in [7, 11) is -3.90. The zero-order valence-corrected chi connectivity index (χ0v) is 14.7. The number of hydrogen-bond acceptors (Lipinski definition) is 5. The lowest BCUT2D eigenvalue weighted by molar-refractivity contribution is -0.384. The van der Waals surface area contributed by atoms with Gasteiger partial charge in [-0.05, 0) is 31.2 Å². The summed E-state index contributed by atoms with van der Waals surface area (Å²) in [5.41, 5.74) is -0.0847. The number of carbonyl (C=O) groups excluding carboxylic acids is 1. The summed E-state index contributed by atoms with van der Waals surface area (Å²) in [6.45, 7) is 1.33. The molecule has 26 heavy (non-hydrogen) atoms. The van der Waals surface area contributed by atoms with Crippen molar-refractivity contribution in [3.8, 4) is 0 Å². The first-order valence-corrected chi connectivity index (χ1v) is 9.24. The van der Waals surface area contributed by atoms with Crippen molar-refractivity contribution < 1.29 is 22.5 Å². The lowest BCUT2D eigenvalue weighted by Crippen LogP contribution is -2.45. The Labute approximate surface area is 149 Å². The van der Waals surface area contributed by atoms with E-state index in [1.54, 1.807) is 0 Å². The molecule has 0 aliphatic heterocycles. The summed E-state index contributed by atoms with van der Waals surface area (Å²) in [6, 6.07) is 8.85.